The quantitative estimate of drug-likeness (QED) is 0.772. The molecule has 0 saturated heterocycles. The molecule has 1 aromatic carbocycles. The van der Waals surface area contributed by atoms with E-state index in [1.54, 1.807) is 30.5 Å². The Balaban J connectivity index is 2.27. The van der Waals surface area contributed by atoms with Crippen molar-refractivity contribution in [1.82, 2.24) is 14.4 Å². The molecule has 24 heavy (non-hydrogen) atoms. The summed E-state index contributed by atoms with van der Waals surface area (Å²) < 4.78 is 25.2. The number of anilines is 1. The zero-order valence-corrected chi connectivity index (χ0v) is 14.9. The van der Waals surface area contributed by atoms with Crippen molar-refractivity contribution in [2.75, 3.05) is 12.0 Å². The molecule has 0 bridgehead atoms. The summed E-state index contributed by atoms with van der Waals surface area (Å²) in [7, 11) is -3.23. The number of imidazole rings is 1. The second-order valence-electron chi connectivity index (χ2n) is 6.86. The molecule has 0 unspecified atom stereocenters. The first kappa shape index (κ1) is 16.4. The lowest BCUT2D eigenvalue weighted by atomic mass is 9.96. The van der Waals surface area contributed by atoms with Crippen molar-refractivity contribution in [3.63, 3.8) is 0 Å². The average molecular weight is 344 g/mol. The second-order valence-corrected chi connectivity index (χ2v) is 8.88. The van der Waals surface area contributed by atoms with E-state index in [4.69, 9.17) is 10.7 Å². The largest absolute Gasteiger partial charge is 0.382 e. The van der Waals surface area contributed by atoms with Crippen molar-refractivity contribution in [3.8, 4) is 11.3 Å². The Bertz CT molecular complexity index is 1010. The SMILES string of the molecule is CC(C)(C)c1nc(-c2ccc(S(C)(=O)=O)cc2)c2c(N)nccn12. The summed E-state index contributed by atoms with van der Waals surface area (Å²) in [5.74, 6) is 1.26. The number of hydrogen-bond donors (Lipinski definition) is 1. The van der Waals surface area contributed by atoms with Crippen molar-refractivity contribution < 1.29 is 8.42 Å². The fourth-order valence-electron chi connectivity index (χ4n) is 2.65. The number of benzene rings is 1. The second kappa shape index (κ2) is 5.31. The molecule has 6 nitrogen and oxygen atoms in total. The van der Waals surface area contributed by atoms with E-state index in [9.17, 15) is 8.42 Å². The average Bonchev–Trinajstić information content (AvgIpc) is 2.87. The molecule has 3 rings (SSSR count). The monoisotopic (exact) mass is 344 g/mol. The number of hydrogen-bond acceptors (Lipinski definition) is 5. The van der Waals surface area contributed by atoms with Crippen molar-refractivity contribution in [2.45, 2.75) is 31.1 Å². The van der Waals surface area contributed by atoms with Crippen LogP contribution in [0.3, 0.4) is 0 Å². The van der Waals surface area contributed by atoms with E-state index >= 15 is 0 Å². The number of aromatic nitrogens is 3. The fraction of sp³-hybridized carbons (Fsp3) is 0.294. The topological polar surface area (TPSA) is 90.3 Å². The highest BCUT2D eigenvalue weighted by Gasteiger charge is 2.24. The van der Waals surface area contributed by atoms with Gasteiger partial charge < -0.3 is 5.73 Å². The van der Waals surface area contributed by atoms with E-state index in [0.717, 1.165) is 16.9 Å². The first-order valence-corrected chi connectivity index (χ1v) is 9.41. The Labute approximate surface area is 141 Å². The van der Waals surface area contributed by atoms with Crippen LogP contribution in [0.25, 0.3) is 16.8 Å². The van der Waals surface area contributed by atoms with Crippen LogP contribution in [0.4, 0.5) is 5.82 Å². The van der Waals surface area contributed by atoms with Crippen LogP contribution >= 0.6 is 0 Å². The minimum atomic E-state index is -3.23. The van der Waals surface area contributed by atoms with Gasteiger partial charge in [0.15, 0.2) is 9.84 Å². The maximum absolute atomic E-state index is 11.6. The molecule has 0 spiro atoms. The van der Waals surface area contributed by atoms with Gasteiger partial charge in [0.1, 0.15) is 22.9 Å². The number of sulfone groups is 1. The van der Waals surface area contributed by atoms with Gasteiger partial charge in [-0.05, 0) is 12.1 Å². The van der Waals surface area contributed by atoms with Gasteiger partial charge >= 0.3 is 0 Å². The molecular weight excluding hydrogens is 324 g/mol. The number of nitrogens with zero attached hydrogens (tertiary/aromatic N) is 3. The first-order chi connectivity index (χ1) is 11.1. The zero-order chi connectivity index (χ0) is 17.7. The molecule has 0 amide bonds. The summed E-state index contributed by atoms with van der Waals surface area (Å²) in [6, 6.07) is 6.66. The van der Waals surface area contributed by atoms with Crippen molar-refractivity contribution in [2.24, 2.45) is 0 Å². The molecule has 0 fully saturated rings. The molecule has 0 aliphatic rings. The summed E-state index contributed by atoms with van der Waals surface area (Å²) in [4.78, 5) is 9.22. The van der Waals surface area contributed by atoms with Crippen LogP contribution in [-0.4, -0.2) is 29.0 Å². The van der Waals surface area contributed by atoms with E-state index in [2.05, 4.69) is 25.8 Å². The van der Waals surface area contributed by atoms with Crippen LogP contribution in [-0.2, 0) is 15.3 Å². The standard InChI is InChI=1S/C17H20N4O2S/c1-17(2,3)16-20-13(14-15(18)19-9-10-21(14)16)11-5-7-12(8-6-11)24(4,22)23/h5-10H,1-4H3,(H2,18,19). The van der Waals surface area contributed by atoms with Crippen LogP contribution in [0.1, 0.15) is 26.6 Å². The highest BCUT2D eigenvalue weighted by atomic mass is 32.2. The fourth-order valence-corrected chi connectivity index (χ4v) is 3.28. The number of fused-ring (bicyclic) bond motifs is 1. The van der Waals surface area contributed by atoms with Crippen molar-refractivity contribution >= 4 is 21.2 Å². The maximum Gasteiger partial charge on any atom is 0.175 e. The van der Waals surface area contributed by atoms with Crippen LogP contribution in [0, 0.1) is 0 Å². The summed E-state index contributed by atoms with van der Waals surface area (Å²) in [5.41, 5.74) is 8.14. The van der Waals surface area contributed by atoms with Gasteiger partial charge in [0.2, 0.25) is 0 Å². The van der Waals surface area contributed by atoms with Crippen molar-refractivity contribution in [1.29, 1.82) is 0 Å². The van der Waals surface area contributed by atoms with Crippen LogP contribution in [0.5, 0.6) is 0 Å². The predicted molar refractivity (Wildman–Crippen MR) is 94.6 cm³/mol. The highest BCUT2D eigenvalue weighted by molar-refractivity contribution is 7.90. The smallest absolute Gasteiger partial charge is 0.175 e. The molecule has 2 heterocycles. The van der Waals surface area contributed by atoms with E-state index in [-0.39, 0.29) is 10.3 Å². The Hall–Kier alpha value is -2.41. The van der Waals surface area contributed by atoms with E-state index in [0.29, 0.717) is 11.5 Å². The van der Waals surface area contributed by atoms with Gasteiger partial charge in [-0.15, -0.1) is 0 Å². The van der Waals surface area contributed by atoms with Gasteiger partial charge in [-0.25, -0.2) is 18.4 Å². The third-order valence-corrected chi connectivity index (χ3v) is 4.94. The first-order valence-electron chi connectivity index (χ1n) is 7.52. The minimum Gasteiger partial charge on any atom is -0.382 e. The molecule has 0 atom stereocenters. The Kier molecular flexibility index (Phi) is 3.64. The molecule has 3 aromatic rings. The Morgan fingerprint density at radius 3 is 2.29 bits per heavy atom. The third kappa shape index (κ3) is 2.75. The summed E-state index contributed by atoms with van der Waals surface area (Å²) in [6.07, 6.45) is 4.68. The van der Waals surface area contributed by atoms with Gasteiger partial charge in [0, 0.05) is 29.6 Å². The predicted octanol–water partition coefficient (Wildman–Crippen LogP) is 2.68. The number of nitrogens with two attached hydrogens (primary N) is 1. The number of rotatable bonds is 2. The summed E-state index contributed by atoms with van der Waals surface area (Å²) in [5, 5.41) is 0. The van der Waals surface area contributed by atoms with Crippen LogP contribution in [0.15, 0.2) is 41.6 Å². The molecule has 0 saturated carbocycles. The zero-order valence-electron chi connectivity index (χ0n) is 14.1. The molecular formula is C17H20N4O2S. The lowest BCUT2D eigenvalue weighted by molar-refractivity contribution is 0.543. The van der Waals surface area contributed by atoms with Gasteiger partial charge in [0.25, 0.3) is 0 Å². The van der Waals surface area contributed by atoms with Crippen LogP contribution < -0.4 is 5.73 Å². The Morgan fingerprint density at radius 1 is 1.12 bits per heavy atom. The normalized spacial score (nSPS) is 12.7. The molecule has 0 aliphatic heterocycles. The molecule has 2 N–H and O–H groups in total. The van der Waals surface area contributed by atoms with E-state index in [1.807, 2.05) is 10.6 Å². The molecule has 126 valence electrons. The lowest BCUT2D eigenvalue weighted by Gasteiger charge is -2.16. The molecule has 2 aromatic heterocycles. The lowest BCUT2D eigenvalue weighted by Crippen LogP contribution is -2.16. The van der Waals surface area contributed by atoms with Gasteiger partial charge in [-0.2, -0.15) is 0 Å². The van der Waals surface area contributed by atoms with Gasteiger partial charge in [-0.3, -0.25) is 4.40 Å². The summed E-state index contributed by atoms with van der Waals surface area (Å²) in [6.45, 7) is 6.23. The van der Waals surface area contributed by atoms with E-state index in [1.165, 1.54) is 6.26 Å². The van der Waals surface area contributed by atoms with E-state index < -0.39 is 9.84 Å². The van der Waals surface area contributed by atoms with Crippen molar-refractivity contribution in [3.05, 3.63) is 42.5 Å². The molecule has 0 radical (unpaired) electrons. The maximum atomic E-state index is 11.6. The van der Waals surface area contributed by atoms with Gasteiger partial charge in [0.05, 0.1) is 4.90 Å². The Morgan fingerprint density at radius 2 is 1.75 bits per heavy atom. The molecule has 0 aliphatic carbocycles. The van der Waals surface area contributed by atoms with Gasteiger partial charge in [-0.1, -0.05) is 32.9 Å². The summed E-state index contributed by atoms with van der Waals surface area (Å²) >= 11 is 0. The van der Waals surface area contributed by atoms with Crippen LogP contribution in [0.2, 0.25) is 0 Å². The number of nitrogen functional groups attached to an aromatic ring is 1. The molecule has 7 heteroatoms. The third-order valence-electron chi connectivity index (χ3n) is 3.81. The highest BCUT2D eigenvalue weighted by Crippen LogP contribution is 2.32. The minimum absolute atomic E-state index is 0.179.